The van der Waals surface area contributed by atoms with Crippen molar-refractivity contribution in [2.24, 2.45) is 4.99 Å². The van der Waals surface area contributed by atoms with Crippen molar-refractivity contribution >= 4 is 28.7 Å². The average molecular weight is 405 g/mol. The van der Waals surface area contributed by atoms with Crippen LogP contribution in [0.5, 0.6) is 11.5 Å². The molecule has 0 spiro atoms. The number of aryl methyl sites for hydroxylation is 1. The number of rotatable bonds is 5. The van der Waals surface area contributed by atoms with Crippen molar-refractivity contribution in [3.63, 3.8) is 0 Å². The minimum Gasteiger partial charge on any atom is -0.497 e. The number of hydrogen-bond donors (Lipinski definition) is 2. The van der Waals surface area contributed by atoms with Gasteiger partial charge in [0.15, 0.2) is 0 Å². The molecule has 0 fully saturated rings. The normalized spacial score (nSPS) is 16.0. The van der Waals surface area contributed by atoms with Crippen LogP contribution in [-0.4, -0.2) is 35.6 Å². The quantitative estimate of drug-likeness (QED) is 0.675. The van der Waals surface area contributed by atoms with E-state index < -0.39 is 0 Å². The molecular weight excluding hydrogens is 382 g/mol. The van der Waals surface area contributed by atoms with E-state index in [1.807, 2.05) is 56.3 Å². The highest BCUT2D eigenvalue weighted by Crippen LogP contribution is 2.26. The first-order valence-electron chi connectivity index (χ1n) is 9.75. The van der Waals surface area contributed by atoms with Crippen LogP contribution >= 0.6 is 0 Å². The second-order valence-corrected chi connectivity index (χ2v) is 6.89. The van der Waals surface area contributed by atoms with Crippen molar-refractivity contribution < 1.29 is 14.3 Å². The van der Waals surface area contributed by atoms with E-state index in [0.29, 0.717) is 18.5 Å². The van der Waals surface area contributed by atoms with E-state index in [4.69, 9.17) is 9.47 Å². The first kappa shape index (κ1) is 19.6. The van der Waals surface area contributed by atoms with Crippen LogP contribution in [0, 0.1) is 6.92 Å². The molecule has 1 aliphatic heterocycles. The highest BCUT2D eigenvalue weighted by atomic mass is 16.5. The standard InChI is InChI=1S/C22H23N5O3/c1-4-30-16-9-10-18-17(11-16)13(2)23-21(24-18)27-22-25-19(12-20(28)26-22)14-5-7-15(29-3)8-6-14/h5-11,19H,4,12H2,1-3H3,(H2,23,24,25,26,27,28)/t19-/m0/s1. The predicted octanol–water partition coefficient (Wildman–Crippen LogP) is 3.37. The number of guanidine groups is 1. The number of carbonyl (C=O) groups is 1. The van der Waals surface area contributed by atoms with Gasteiger partial charge in [-0.2, -0.15) is 0 Å². The van der Waals surface area contributed by atoms with Gasteiger partial charge in [-0.05, 0) is 49.7 Å². The maximum atomic E-state index is 12.2. The van der Waals surface area contributed by atoms with E-state index in [9.17, 15) is 4.79 Å². The molecule has 0 saturated heterocycles. The molecule has 0 unspecified atom stereocenters. The van der Waals surface area contributed by atoms with Crippen LogP contribution in [0.1, 0.15) is 30.6 Å². The summed E-state index contributed by atoms with van der Waals surface area (Å²) in [5, 5.41) is 6.72. The second kappa shape index (κ2) is 8.36. The van der Waals surface area contributed by atoms with Crippen LogP contribution in [0.3, 0.4) is 0 Å². The molecule has 30 heavy (non-hydrogen) atoms. The lowest BCUT2D eigenvalue weighted by Gasteiger charge is -2.21. The van der Waals surface area contributed by atoms with E-state index in [1.165, 1.54) is 0 Å². The van der Waals surface area contributed by atoms with Gasteiger partial charge in [0.25, 0.3) is 0 Å². The van der Waals surface area contributed by atoms with Gasteiger partial charge in [-0.3, -0.25) is 15.4 Å². The van der Waals surface area contributed by atoms with Crippen LogP contribution < -0.4 is 20.1 Å². The minimum atomic E-state index is -0.289. The molecule has 0 bridgehead atoms. The number of benzene rings is 2. The summed E-state index contributed by atoms with van der Waals surface area (Å²) in [5.74, 6) is 2.13. The van der Waals surface area contributed by atoms with Crippen LogP contribution in [-0.2, 0) is 4.79 Å². The number of ether oxygens (including phenoxy) is 2. The van der Waals surface area contributed by atoms with E-state index >= 15 is 0 Å². The van der Waals surface area contributed by atoms with Crippen LogP contribution in [0.4, 0.5) is 5.95 Å². The van der Waals surface area contributed by atoms with Gasteiger partial charge in [0.2, 0.25) is 17.8 Å². The Morgan fingerprint density at radius 1 is 1.13 bits per heavy atom. The fraction of sp³-hybridized carbons (Fsp3) is 0.273. The van der Waals surface area contributed by atoms with Crippen LogP contribution in [0.2, 0.25) is 0 Å². The zero-order chi connectivity index (χ0) is 21.1. The minimum absolute atomic E-state index is 0.118. The lowest BCUT2D eigenvalue weighted by Crippen LogP contribution is -2.40. The summed E-state index contributed by atoms with van der Waals surface area (Å²) in [5.41, 5.74) is 2.52. The molecule has 1 aliphatic rings. The van der Waals surface area contributed by atoms with Crippen molar-refractivity contribution in [2.45, 2.75) is 26.3 Å². The fourth-order valence-corrected chi connectivity index (χ4v) is 3.35. The molecule has 2 aromatic carbocycles. The number of amides is 1. The van der Waals surface area contributed by atoms with Crippen molar-refractivity contribution in [1.29, 1.82) is 0 Å². The Morgan fingerprint density at radius 3 is 2.63 bits per heavy atom. The van der Waals surface area contributed by atoms with Gasteiger partial charge in [-0.25, -0.2) is 15.0 Å². The van der Waals surface area contributed by atoms with Crippen molar-refractivity contribution in [2.75, 3.05) is 19.0 Å². The Kier molecular flexibility index (Phi) is 5.47. The van der Waals surface area contributed by atoms with Crippen molar-refractivity contribution in [1.82, 2.24) is 15.3 Å². The lowest BCUT2D eigenvalue weighted by atomic mass is 10.0. The molecule has 3 aromatic rings. The molecule has 1 atom stereocenters. The maximum Gasteiger partial charge on any atom is 0.230 e. The molecule has 8 nitrogen and oxygen atoms in total. The number of aliphatic imine (C=N–C) groups is 1. The Labute approximate surface area is 174 Å². The first-order valence-corrected chi connectivity index (χ1v) is 9.75. The zero-order valence-electron chi connectivity index (χ0n) is 17.1. The molecular formula is C22H23N5O3. The molecule has 0 aliphatic carbocycles. The summed E-state index contributed by atoms with van der Waals surface area (Å²) in [6, 6.07) is 12.9. The molecule has 0 saturated carbocycles. The SMILES string of the molecule is CCOc1ccc2nc(NC3=N[C@H](c4ccc(OC)cc4)CC(=O)N3)nc(C)c2c1. The third-order valence-corrected chi connectivity index (χ3v) is 4.82. The summed E-state index contributed by atoms with van der Waals surface area (Å²) >= 11 is 0. The van der Waals surface area contributed by atoms with E-state index in [0.717, 1.165) is 33.7 Å². The molecule has 2 heterocycles. The Morgan fingerprint density at radius 2 is 1.90 bits per heavy atom. The number of carbonyl (C=O) groups excluding carboxylic acids is 1. The Bertz CT molecular complexity index is 1110. The van der Waals surface area contributed by atoms with E-state index in [2.05, 4.69) is 25.6 Å². The zero-order valence-corrected chi connectivity index (χ0v) is 17.1. The smallest absolute Gasteiger partial charge is 0.230 e. The molecule has 8 heteroatoms. The largest absolute Gasteiger partial charge is 0.497 e. The summed E-state index contributed by atoms with van der Waals surface area (Å²) in [6.07, 6.45) is 0.273. The molecule has 0 radical (unpaired) electrons. The summed E-state index contributed by atoms with van der Waals surface area (Å²) in [4.78, 5) is 25.9. The Balaban J connectivity index is 1.60. The van der Waals surface area contributed by atoms with Gasteiger partial charge < -0.3 is 9.47 Å². The number of nitrogens with zero attached hydrogens (tertiary/aromatic N) is 3. The van der Waals surface area contributed by atoms with Crippen LogP contribution in [0.25, 0.3) is 10.9 Å². The highest BCUT2D eigenvalue weighted by molar-refractivity contribution is 6.05. The highest BCUT2D eigenvalue weighted by Gasteiger charge is 2.23. The van der Waals surface area contributed by atoms with E-state index in [-0.39, 0.29) is 18.4 Å². The van der Waals surface area contributed by atoms with Gasteiger partial charge in [0.1, 0.15) is 11.5 Å². The summed E-state index contributed by atoms with van der Waals surface area (Å²) < 4.78 is 10.7. The number of anilines is 1. The van der Waals surface area contributed by atoms with Gasteiger partial charge >= 0.3 is 0 Å². The number of aromatic nitrogens is 2. The number of hydrogen-bond acceptors (Lipinski definition) is 7. The summed E-state index contributed by atoms with van der Waals surface area (Å²) in [6.45, 7) is 4.45. The van der Waals surface area contributed by atoms with Gasteiger partial charge in [0.05, 0.1) is 37.4 Å². The van der Waals surface area contributed by atoms with Gasteiger partial charge in [-0.1, -0.05) is 12.1 Å². The molecule has 4 rings (SSSR count). The molecule has 1 aromatic heterocycles. The van der Waals surface area contributed by atoms with Gasteiger partial charge in [-0.15, -0.1) is 0 Å². The van der Waals surface area contributed by atoms with E-state index in [1.54, 1.807) is 7.11 Å². The first-order chi connectivity index (χ1) is 14.6. The predicted molar refractivity (Wildman–Crippen MR) is 115 cm³/mol. The summed E-state index contributed by atoms with van der Waals surface area (Å²) in [7, 11) is 1.62. The molecule has 1 amide bonds. The topological polar surface area (TPSA) is 97.7 Å². The fourth-order valence-electron chi connectivity index (χ4n) is 3.35. The number of nitrogens with one attached hydrogen (secondary N) is 2. The van der Waals surface area contributed by atoms with Crippen molar-refractivity contribution in [3.05, 3.63) is 53.7 Å². The Hall–Kier alpha value is -3.68. The maximum absolute atomic E-state index is 12.2. The average Bonchev–Trinajstić information content (AvgIpc) is 2.74. The van der Waals surface area contributed by atoms with Gasteiger partial charge in [0, 0.05) is 5.39 Å². The second-order valence-electron chi connectivity index (χ2n) is 6.89. The third kappa shape index (κ3) is 4.17. The lowest BCUT2D eigenvalue weighted by molar-refractivity contribution is -0.120. The van der Waals surface area contributed by atoms with Crippen LogP contribution in [0.15, 0.2) is 47.5 Å². The number of fused-ring (bicyclic) bond motifs is 1. The number of methoxy groups -OCH3 is 1. The van der Waals surface area contributed by atoms with Crippen molar-refractivity contribution in [3.8, 4) is 11.5 Å². The molecule has 2 N–H and O–H groups in total. The molecule has 154 valence electrons. The third-order valence-electron chi connectivity index (χ3n) is 4.82. The monoisotopic (exact) mass is 405 g/mol.